The molecule has 0 aromatic heterocycles. The number of rotatable bonds is 3. The lowest BCUT2D eigenvalue weighted by atomic mass is 10.1. The van der Waals surface area contributed by atoms with E-state index in [1.54, 1.807) is 18.2 Å². The molecule has 4 rings (SSSR count). The Hall–Kier alpha value is -2.44. The number of amides is 3. The number of nitrogens with one attached hydrogen (secondary N) is 1. The standard InChI is InChI=1S/C18H23N3O4/c22-17(14-4-5-15-16(10-14)25-12-24-15)20-6-1-7-21(9-8-20)18(23)19-11-13-2-3-13/h4-5,10,13H,1-3,6-9,11-12H2,(H,19,23). The van der Waals surface area contributed by atoms with Gasteiger partial charge in [0.25, 0.3) is 5.91 Å². The molecular weight excluding hydrogens is 322 g/mol. The Balaban J connectivity index is 1.35. The van der Waals surface area contributed by atoms with E-state index in [0.717, 1.165) is 13.0 Å². The van der Waals surface area contributed by atoms with Gasteiger partial charge in [0.15, 0.2) is 11.5 Å². The van der Waals surface area contributed by atoms with Gasteiger partial charge >= 0.3 is 6.03 Å². The summed E-state index contributed by atoms with van der Waals surface area (Å²) in [7, 11) is 0. The molecule has 1 aromatic rings. The van der Waals surface area contributed by atoms with Crippen LogP contribution in [0.15, 0.2) is 18.2 Å². The van der Waals surface area contributed by atoms with Gasteiger partial charge < -0.3 is 24.6 Å². The first-order valence-corrected chi connectivity index (χ1v) is 8.92. The molecule has 1 saturated carbocycles. The number of ether oxygens (including phenoxy) is 2. The van der Waals surface area contributed by atoms with Crippen molar-refractivity contribution in [2.45, 2.75) is 19.3 Å². The molecule has 1 aromatic carbocycles. The molecule has 1 aliphatic carbocycles. The molecule has 3 aliphatic rings. The Bertz CT molecular complexity index is 674. The van der Waals surface area contributed by atoms with Crippen LogP contribution in [0.4, 0.5) is 4.79 Å². The normalized spacial score (nSPS) is 19.5. The summed E-state index contributed by atoms with van der Waals surface area (Å²) in [5, 5.41) is 3.00. The maximum Gasteiger partial charge on any atom is 0.317 e. The summed E-state index contributed by atoms with van der Waals surface area (Å²) in [6, 6.07) is 5.26. The van der Waals surface area contributed by atoms with E-state index in [9.17, 15) is 9.59 Å². The van der Waals surface area contributed by atoms with E-state index in [2.05, 4.69) is 5.32 Å². The van der Waals surface area contributed by atoms with Gasteiger partial charge in [-0.1, -0.05) is 0 Å². The van der Waals surface area contributed by atoms with Crippen molar-refractivity contribution in [2.24, 2.45) is 5.92 Å². The highest BCUT2D eigenvalue weighted by molar-refractivity contribution is 5.95. The first-order chi connectivity index (χ1) is 12.2. The van der Waals surface area contributed by atoms with Crippen LogP contribution in [0.3, 0.4) is 0 Å². The van der Waals surface area contributed by atoms with Crippen molar-refractivity contribution in [3.05, 3.63) is 23.8 Å². The fourth-order valence-electron chi connectivity index (χ4n) is 3.20. The second-order valence-electron chi connectivity index (χ2n) is 6.83. The molecule has 3 amide bonds. The fourth-order valence-corrected chi connectivity index (χ4v) is 3.20. The van der Waals surface area contributed by atoms with Gasteiger partial charge in [0.05, 0.1) is 0 Å². The predicted molar refractivity (Wildman–Crippen MR) is 90.8 cm³/mol. The minimum absolute atomic E-state index is 0.00993. The molecule has 1 N–H and O–H groups in total. The van der Waals surface area contributed by atoms with Crippen molar-refractivity contribution in [3.63, 3.8) is 0 Å². The van der Waals surface area contributed by atoms with Crippen LogP contribution in [0.2, 0.25) is 0 Å². The van der Waals surface area contributed by atoms with Crippen LogP contribution < -0.4 is 14.8 Å². The second-order valence-corrected chi connectivity index (χ2v) is 6.83. The summed E-state index contributed by atoms with van der Waals surface area (Å²) >= 11 is 0. The highest BCUT2D eigenvalue weighted by Gasteiger charge is 2.26. The van der Waals surface area contributed by atoms with Crippen LogP contribution in [0.25, 0.3) is 0 Å². The van der Waals surface area contributed by atoms with Crippen molar-refractivity contribution >= 4 is 11.9 Å². The van der Waals surface area contributed by atoms with Crippen molar-refractivity contribution in [2.75, 3.05) is 39.5 Å². The van der Waals surface area contributed by atoms with E-state index in [1.165, 1.54) is 12.8 Å². The van der Waals surface area contributed by atoms with Gasteiger partial charge in [0, 0.05) is 38.3 Å². The minimum Gasteiger partial charge on any atom is -0.454 e. The number of carbonyl (C=O) groups excluding carboxylic acids is 2. The highest BCUT2D eigenvalue weighted by atomic mass is 16.7. The Kier molecular flexibility index (Phi) is 4.38. The van der Waals surface area contributed by atoms with Crippen molar-refractivity contribution in [1.82, 2.24) is 15.1 Å². The van der Waals surface area contributed by atoms with Crippen molar-refractivity contribution in [3.8, 4) is 11.5 Å². The third kappa shape index (κ3) is 3.65. The molecule has 2 aliphatic heterocycles. The van der Waals surface area contributed by atoms with Crippen molar-refractivity contribution in [1.29, 1.82) is 0 Å². The van der Waals surface area contributed by atoms with Crippen LogP contribution in [0.5, 0.6) is 11.5 Å². The van der Waals surface area contributed by atoms with Gasteiger partial charge in [-0.25, -0.2) is 4.79 Å². The fraction of sp³-hybridized carbons (Fsp3) is 0.556. The molecule has 7 nitrogen and oxygen atoms in total. The molecule has 0 atom stereocenters. The Labute approximate surface area is 146 Å². The number of hydrogen-bond acceptors (Lipinski definition) is 4. The summed E-state index contributed by atoms with van der Waals surface area (Å²) in [5.74, 6) is 1.92. The van der Waals surface area contributed by atoms with Crippen molar-refractivity contribution < 1.29 is 19.1 Å². The van der Waals surface area contributed by atoms with E-state index in [4.69, 9.17) is 9.47 Å². The largest absolute Gasteiger partial charge is 0.454 e. The summed E-state index contributed by atoms with van der Waals surface area (Å²) in [6.45, 7) is 3.41. The number of fused-ring (bicyclic) bond motifs is 1. The van der Waals surface area contributed by atoms with E-state index in [0.29, 0.717) is 49.2 Å². The lowest BCUT2D eigenvalue weighted by molar-refractivity contribution is 0.0762. The van der Waals surface area contributed by atoms with Crippen LogP contribution in [-0.4, -0.2) is 61.3 Å². The van der Waals surface area contributed by atoms with Gasteiger partial charge in [-0.15, -0.1) is 0 Å². The molecule has 2 fully saturated rings. The topological polar surface area (TPSA) is 71.1 Å². The molecule has 7 heteroatoms. The molecule has 0 unspecified atom stereocenters. The van der Waals surface area contributed by atoms with Gasteiger partial charge in [-0.05, 0) is 43.4 Å². The Morgan fingerprint density at radius 2 is 1.80 bits per heavy atom. The minimum atomic E-state index is -0.0291. The zero-order valence-corrected chi connectivity index (χ0v) is 14.2. The number of benzene rings is 1. The maximum atomic E-state index is 12.8. The molecule has 25 heavy (non-hydrogen) atoms. The zero-order chi connectivity index (χ0) is 17.2. The first-order valence-electron chi connectivity index (χ1n) is 8.92. The predicted octanol–water partition coefficient (Wildman–Crippen LogP) is 1.68. The average Bonchev–Trinajstić information content (AvgIpc) is 3.39. The van der Waals surface area contributed by atoms with E-state index < -0.39 is 0 Å². The Morgan fingerprint density at radius 1 is 1.04 bits per heavy atom. The third-order valence-electron chi connectivity index (χ3n) is 4.93. The van der Waals surface area contributed by atoms with Gasteiger partial charge in [0.1, 0.15) is 0 Å². The van der Waals surface area contributed by atoms with E-state index >= 15 is 0 Å². The quantitative estimate of drug-likeness (QED) is 0.905. The molecule has 134 valence electrons. The lowest BCUT2D eigenvalue weighted by Crippen LogP contribution is -2.43. The molecule has 2 heterocycles. The zero-order valence-electron chi connectivity index (χ0n) is 14.2. The third-order valence-corrected chi connectivity index (χ3v) is 4.93. The number of carbonyl (C=O) groups is 2. The van der Waals surface area contributed by atoms with Gasteiger partial charge in [-0.3, -0.25) is 4.79 Å². The highest BCUT2D eigenvalue weighted by Crippen LogP contribution is 2.33. The smallest absolute Gasteiger partial charge is 0.317 e. The van der Waals surface area contributed by atoms with Crippen LogP contribution in [0.1, 0.15) is 29.6 Å². The second kappa shape index (κ2) is 6.82. The SMILES string of the molecule is O=C(NCC1CC1)N1CCCN(C(=O)c2ccc3c(c2)OCO3)CC1. The average molecular weight is 345 g/mol. The summed E-state index contributed by atoms with van der Waals surface area (Å²) in [5.41, 5.74) is 0.593. The Morgan fingerprint density at radius 3 is 2.64 bits per heavy atom. The summed E-state index contributed by atoms with van der Waals surface area (Å²) < 4.78 is 10.6. The summed E-state index contributed by atoms with van der Waals surface area (Å²) in [6.07, 6.45) is 3.23. The monoisotopic (exact) mass is 345 g/mol. The van der Waals surface area contributed by atoms with Crippen LogP contribution in [0, 0.1) is 5.92 Å². The lowest BCUT2D eigenvalue weighted by Gasteiger charge is -2.22. The molecule has 0 radical (unpaired) electrons. The number of hydrogen-bond donors (Lipinski definition) is 1. The maximum absolute atomic E-state index is 12.8. The molecule has 0 bridgehead atoms. The molecule has 1 saturated heterocycles. The van der Waals surface area contributed by atoms with E-state index in [-0.39, 0.29) is 18.7 Å². The first kappa shape index (κ1) is 16.1. The van der Waals surface area contributed by atoms with Crippen LogP contribution >= 0.6 is 0 Å². The number of nitrogens with zero attached hydrogens (tertiary/aromatic N) is 2. The number of urea groups is 1. The summed E-state index contributed by atoms with van der Waals surface area (Å²) in [4.78, 5) is 28.6. The van der Waals surface area contributed by atoms with E-state index in [1.807, 2.05) is 9.80 Å². The molecular formula is C18H23N3O4. The van der Waals surface area contributed by atoms with Gasteiger partial charge in [-0.2, -0.15) is 0 Å². The van der Waals surface area contributed by atoms with Gasteiger partial charge in [0.2, 0.25) is 6.79 Å². The van der Waals surface area contributed by atoms with Crippen LogP contribution in [-0.2, 0) is 0 Å². The molecule has 0 spiro atoms.